The SMILES string of the molecule is C[C@H](NC(=O)COC(=O)c1ccccc1NS(=O)(=O)c1ccc(F)cc1)C1CC1. The minimum absolute atomic E-state index is 0.00594. The number of carbonyl (C=O) groups excluding carboxylic acids is 2. The first-order chi connectivity index (χ1) is 13.8. The Balaban J connectivity index is 1.66. The summed E-state index contributed by atoms with van der Waals surface area (Å²) in [6.07, 6.45) is 2.14. The van der Waals surface area contributed by atoms with Gasteiger partial charge >= 0.3 is 5.97 Å². The number of esters is 1. The molecule has 0 heterocycles. The Morgan fingerprint density at radius 2 is 1.79 bits per heavy atom. The highest BCUT2D eigenvalue weighted by Crippen LogP contribution is 2.32. The molecule has 1 saturated carbocycles. The van der Waals surface area contributed by atoms with E-state index in [0.717, 1.165) is 37.1 Å². The number of para-hydroxylation sites is 1. The zero-order valence-electron chi connectivity index (χ0n) is 15.7. The fraction of sp³-hybridized carbons (Fsp3) is 0.300. The van der Waals surface area contributed by atoms with Gasteiger partial charge in [-0.3, -0.25) is 9.52 Å². The zero-order chi connectivity index (χ0) is 21.0. The number of anilines is 1. The molecule has 29 heavy (non-hydrogen) atoms. The van der Waals surface area contributed by atoms with Crippen LogP contribution in [0.2, 0.25) is 0 Å². The van der Waals surface area contributed by atoms with Crippen LogP contribution in [-0.2, 0) is 19.6 Å². The van der Waals surface area contributed by atoms with Gasteiger partial charge in [0.1, 0.15) is 5.82 Å². The third kappa shape index (κ3) is 5.54. The van der Waals surface area contributed by atoms with Gasteiger partial charge in [-0.2, -0.15) is 0 Å². The predicted molar refractivity (Wildman–Crippen MR) is 104 cm³/mol. The van der Waals surface area contributed by atoms with E-state index in [0.29, 0.717) is 5.92 Å². The lowest BCUT2D eigenvalue weighted by Crippen LogP contribution is -2.37. The lowest BCUT2D eigenvalue weighted by Gasteiger charge is -2.14. The molecular formula is C20H21FN2O5S. The van der Waals surface area contributed by atoms with Crippen molar-refractivity contribution in [2.75, 3.05) is 11.3 Å². The van der Waals surface area contributed by atoms with Crippen LogP contribution in [0.4, 0.5) is 10.1 Å². The number of hydrogen-bond acceptors (Lipinski definition) is 5. The van der Waals surface area contributed by atoms with Gasteiger partial charge in [-0.05, 0) is 62.1 Å². The van der Waals surface area contributed by atoms with E-state index in [9.17, 15) is 22.4 Å². The molecule has 0 saturated heterocycles. The van der Waals surface area contributed by atoms with Crippen LogP contribution < -0.4 is 10.0 Å². The second-order valence-corrected chi connectivity index (χ2v) is 8.56. The highest BCUT2D eigenvalue weighted by molar-refractivity contribution is 7.92. The van der Waals surface area contributed by atoms with Crippen LogP contribution in [0.1, 0.15) is 30.1 Å². The van der Waals surface area contributed by atoms with Crippen molar-refractivity contribution in [3.05, 3.63) is 59.9 Å². The van der Waals surface area contributed by atoms with Gasteiger partial charge in [-0.15, -0.1) is 0 Å². The molecule has 1 fully saturated rings. The Bertz CT molecular complexity index is 1000. The van der Waals surface area contributed by atoms with Crippen LogP contribution in [-0.4, -0.2) is 32.9 Å². The molecule has 0 aliphatic heterocycles. The quantitative estimate of drug-likeness (QED) is 0.640. The smallest absolute Gasteiger partial charge is 0.340 e. The Morgan fingerprint density at radius 1 is 1.14 bits per heavy atom. The molecule has 3 rings (SSSR count). The summed E-state index contributed by atoms with van der Waals surface area (Å²) in [5.41, 5.74) is -0.0465. The van der Waals surface area contributed by atoms with Gasteiger partial charge in [0.2, 0.25) is 0 Å². The summed E-state index contributed by atoms with van der Waals surface area (Å²) in [5.74, 6) is -1.35. The van der Waals surface area contributed by atoms with Crippen LogP contribution in [0, 0.1) is 11.7 Å². The van der Waals surface area contributed by atoms with Crippen molar-refractivity contribution in [3.8, 4) is 0 Å². The highest BCUT2D eigenvalue weighted by atomic mass is 32.2. The van der Waals surface area contributed by atoms with Crippen LogP contribution in [0.15, 0.2) is 53.4 Å². The van der Waals surface area contributed by atoms with Crippen LogP contribution >= 0.6 is 0 Å². The van der Waals surface area contributed by atoms with E-state index in [1.54, 1.807) is 12.1 Å². The Labute approximate surface area is 168 Å². The van der Waals surface area contributed by atoms with Crippen molar-refractivity contribution >= 4 is 27.6 Å². The van der Waals surface area contributed by atoms with Crippen molar-refractivity contribution in [1.29, 1.82) is 0 Å². The van der Waals surface area contributed by atoms with Gasteiger partial charge in [-0.25, -0.2) is 17.6 Å². The molecule has 1 aliphatic rings. The van der Waals surface area contributed by atoms with E-state index < -0.39 is 34.3 Å². The van der Waals surface area contributed by atoms with E-state index in [1.807, 2.05) is 6.92 Å². The van der Waals surface area contributed by atoms with Crippen LogP contribution in [0.3, 0.4) is 0 Å². The number of halogens is 1. The van der Waals surface area contributed by atoms with Crippen molar-refractivity contribution < 1.29 is 27.1 Å². The van der Waals surface area contributed by atoms with Crippen molar-refractivity contribution in [3.63, 3.8) is 0 Å². The second-order valence-electron chi connectivity index (χ2n) is 6.87. The third-order valence-electron chi connectivity index (χ3n) is 4.57. The molecule has 1 aliphatic carbocycles. The predicted octanol–water partition coefficient (Wildman–Crippen LogP) is 2.70. The molecule has 2 aromatic rings. The van der Waals surface area contributed by atoms with E-state index in [1.165, 1.54) is 12.1 Å². The average Bonchev–Trinajstić information content (AvgIpc) is 3.52. The molecule has 0 aromatic heterocycles. The topological polar surface area (TPSA) is 102 Å². The monoisotopic (exact) mass is 420 g/mol. The maximum atomic E-state index is 13.0. The molecule has 0 bridgehead atoms. The number of rotatable bonds is 8. The fourth-order valence-electron chi connectivity index (χ4n) is 2.79. The normalized spacial score (nSPS) is 14.7. The van der Waals surface area contributed by atoms with Crippen LogP contribution in [0.25, 0.3) is 0 Å². The van der Waals surface area contributed by atoms with E-state index in [4.69, 9.17) is 4.74 Å². The molecule has 2 N–H and O–H groups in total. The molecule has 2 aromatic carbocycles. The third-order valence-corrected chi connectivity index (χ3v) is 5.95. The number of sulfonamides is 1. The number of ether oxygens (including phenoxy) is 1. The van der Waals surface area contributed by atoms with Gasteiger partial charge in [0.05, 0.1) is 16.1 Å². The number of nitrogens with one attached hydrogen (secondary N) is 2. The summed E-state index contributed by atoms with van der Waals surface area (Å²) >= 11 is 0. The fourth-order valence-corrected chi connectivity index (χ4v) is 3.87. The molecule has 0 spiro atoms. The number of carbonyl (C=O) groups is 2. The summed E-state index contributed by atoms with van der Waals surface area (Å²) in [6.45, 7) is 1.44. The van der Waals surface area contributed by atoms with Gasteiger partial charge in [0.15, 0.2) is 6.61 Å². The Kier molecular flexibility index (Phi) is 6.17. The number of amides is 1. The summed E-state index contributed by atoms with van der Waals surface area (Å²) in [4.78, 5) is 24.1. The minimum Gasteiger partial charge on any atom is -0.452 e. The molecule has 154 valence electrons. The molecule has 1 atom stereocenters. The van der Waals surface area contributed by atoms with E-state index >= 15 is 0 Å². The van der Waals surface area contributed by atoms with Gasteiger partial charge in [0.25, 0.3) is 15.9 Å². The number of benzene rings is 2. The summed E-state index contributed by atoms with van der Waals surface area (Å²) in [7, 11) is -4.04. The minimum atomic E-state index is -4.04. The lowest BCUT2D eigenvalue weighted by atomic mass is 10.2. The summed E-state index contributed by atoms with van der Waals surface area (Å²) in [6, 6.07) is 10.2. The van der Waals surface area contributed by atoms with E-state index in [-0.39, 0.29) is 22.2 Å². The zero-order valence-corrected chi connectivity index (χ0v) is 16.5. The first-order valence-corrected chi connectivity index (χ1v) is 10.6. The molecule has 0 unspecified atom stereocenters. The second kappa shape index (κ2) is 8.60. The highest BCUT2D eigenvalue weighted by Gasteiger charge is 2.29. The van der Waals surface area contributed by atoms with Crippen LogP contribution in [0.5, 0.6) is 0 Å². The van der Waals surface area contributed by atoms with E-state index in [2.05, 4.69) is 10.0 Å². The maximum Gasteiger partial charge on any atom is 0.340 e. The summed E-state index contributed by atoms with van der Waals surface area (Å²) < 4.78 is 45.4. The van der Waals surface area contributed by atoms with Crippen molar-refractivity contribution in [1.82, 2.24) is 5.32 Å². The van der Waals surface area contributed by atoms with Crippen molar-refractivity contribution in [2.24, 2.45) is 5.92 Å². The number of hydrogen-bond donors (Lipinski definition) is 2. The maximum absolute atomic E-state index is 13.0. The first-order valence-electron chi connectivity index (χ1n) is 9.10. The first kappa shape index (κ1) is 20.8. The average molecular weight is 420 g/mol. The standard InChI is InChI=1S/C20H21FN2O5S/c1-13(14-6-7-14)22-19(24)12-28-20(25)17-4-2-3-5-18(17)23-29(26,27)16-10-8-15(21)9-11-16/h2-5,8-11,13-14,23H,6-7,12H2,1H3,(H,22,24)/t13-/m0/s1. The van der Waals surface area contributed by atoms with Gasteiger partial charge in [-0.1, -0.05) is 12.1 Å². The van der Waals surface area contributed by atoms with Crippen molar-refractivity contribution in [2.45, 2.75) is 30.7 Å². The molecule has 9 heteroatoms. The summed E-state index contributed by atoms with van der Waals surface area (Å²) in [5, 5.41) is 2.77. The van der Waals surface area contributed by atoms with Gasteiger partial charge in [0, 0.05) is 6.04 Å². The lowest BCUT2D eigenvalue weighted by molar-refractivity contribution is -0.124. The molecule has 0 radical (unpaired) electrons. The Morgan fingerprint density at radius 3 is 2.45 bits per heavy atom. The Hall–Kier alpha value is -2.94. The largest absolute Gasteiger partial charge is 0.452 e. The molecule has 7 nitrogen and oxygen atoms in total. The molecular weight excluding hydrogens is 399 g/mol. The molecule has 1 amide bonds. The van der Waals surface area contributed by atoms with Gasteiger partial charge < -0.3 is 10.1 Å².